The molecule has 1 saturated heterocycles. The Labute approximate surface area is 72.9 Å². The van der Waals surface area contributed by atoms with Crippen LogP contribution in [0.25, 0.3) is 0 Å². The largest absolute Gasteiger partial charge is 0.370 e. The van der Waals surface area contributed by atoms with Crippen molar-refractivity contribution in [3.63, 3.8) is 0 Å². The van der Waals surface area contributed by atoms with Crippen LogP contribution in [0.5, 0.6) is 0 Å². The Bertz CT molecular complexity index is 160. The highest BCUT2D eigenvalue weighted by Crippen LogP contribution is 2.07. The lowest BCUT2D eigenvalue weighted by Gasteiger charge is -2.30. The molecule has 1 fully saturated rings. The summed E-state index contributed by atoms with van der Waals surface area (Å²) in [5.74, 6) is -0.228. The zero-order valence-electron chi connectivity index (χ0n) is 7.33. The van der Waals surface area contributed by atoms with E-state index in [9.17, 15) is 4.79 Å². The minimum Gasteiger partial charge on any atom is -0.370 e. The second-order valence-corrected chi connectivity index (χ2v) is 3.42. The third-order valence-corrected chi connectivity index (χ3v) is 2.22. The number of amides is 1. The molecule has 1 aliphatic heterocycles. The van der Waals surface area contributed by atoms with E-state index in [2.05, 4.69) is 4.90 Å². The van der Waals surface area contributed by atoms with Crippen molar-refractivity contribution in [2.75, 3.05) is 19.6 Å². The molecule has 4 N–H and O–H groups in total. The molecule has 0 aromatic carbocycles. The predicted molar refractivity (Wildman–Crippen MR) is 47.5 cm³/mol. The molecule has 0 aromatic heterocycles. The number of piperidine rings is 1. The molecule has 0 radical (unpaired) electrons. The lowest BCUT2D eigenvalue weighted by Crippen LogP contribution is -2.43. The van der Waals surface area contributed by atoms with E-state index in [1.807, 2.05) is 0 Å². The van der Waals surface area contributed by atoms with Crippen LogP contribution in [0.2, 0.25) is 0 Å². The summed E-state index contributed by atoms with van der Waals surface area (Å²) in [6.07, 6.45) is 2.69. The van der Waals surface area contributed by atoms with Crippen LogP contribution in [0, 0.1) is 0 Å². The van der Waals surface area contributed by atoms with Crippen LogP contribution in [0.3, 0.4) is 0 Å². The third-order valence-electron chi connectivity index (χ3n) is 2.22. The van der Waals surface area contributed by atoms with Crippen molar-refractivity contribution in [2.45, 2.75) is 25.3 Å². The van der Waals surface area contributed by atoms with E-state index in [0.29, 0.717) is 6.42 Å². The lowest BCUT2D eigenvalue weighted by atomic mass is 10.1. The topological polar surface area (TPSA) is 72.4 Å². The first kappa shape index (κ1) is 9.48. The number of primary amides is 1. The highest BCUT2D eigenvalue weighted by molar-refractivity contribution is 5.73. The SMILES string of the molecule is NC(=O)CCN1CCC[C@H](N)C1. The Morgan fingerprint density at radius 3 is 2.92 bits per heavy atom. The first-order valence-electron chi connectivity index (χ1n) is 4.44. The number of nitrogens with zero attached hydrogens (tertiary/aromatic N) is 1. The zero-order chi connectivity index (χ0) is 8.97. The number of hydrogen-bond donors (Lipinski definition) is 2. The van der Waals surface area contributed by atoms with Gasteiger partial charge in [0.15, 0.2) is 0 Å². The van der Waals surface area contributed by atoms with Crippen LogP contribution < -0.4 is 11.5 Å². The molecule has 70 valence electrons. The molecule has 0 bridgehead atoms. The number of rotatable bonds is 3. The monoisotopic (exact) mass is 171 g/mol. The molecule has 4 heteroatoms. The van der Waals surface area contributed by atoms with Gasteiger partial charge in [0.25, 0.3) is 0 Å². The van der Waals surface area contributed by atoms with Crippen molar-refractivity contribution in [3.05, 3.63) is 0 Å². The van der Waals surface area contributed by atoms with Gasteiger partial charge in [-0.15, -0.1) is 0 Å². The van der Waals surface area contributed by atoms with Crippen LogP contribution in [0.1, 0.15) is 19.3 Å². The molecular weight excluding hydrogens is 154 g/mol. The van der Waals surface area contributed by atoms with Gasteiger partial charge < -0.3 is 16.4 Å². The molecule has 0 spiro atoms. The van der Waals surface area contributed by atoms with E-state index in [-0.39, 0.29) is 11.9 Å². The number of carbonyl (C=O) groups excluding carboxylic acids is 1. The van der Waals surface area contributed by atoms with Gasteiger partial charge in [-0.05, 0) is 19.4 Å². The zero-order valence-corrected chi connectivity index (χ0v) is 7.33. The van der Waals surface area contributed by atoms with Gasteiger partial charge >= 0.3 is 0 Å². The van der Waals surface area contributed by atoms with Crippen molar-refractivity contribution >= 4 is 5.91 Å². The minimum absolute atomic E-state index is 0.228. The van der Waals surface area contributed by atoms with Crippen LogP contribution in [0.15, 0.2) is 0 Å². The van der Waals surface area contributed by atoms with Gasteiger partial charge in [-0.3, -0.25) is 4.79 Å². The van der Waals surface area contributed by atoms with E-state index in [1.54, 1.807) is 0 Å². The van der Waals surface area contributed by atoms with Gasteiger partial charge in [0.1, 0.15) is 0 Å². The summed E-state index contributed by atoms with van der Waals surface area (Å²) >= 11 is 0. The quantitative estimate of drug-likeness (QED) is 0.589. The summed E-state index contributed by atoms with van der Waals surface area (Å²) in [5.41, 5.74) is 10.8. The molecule has 0 saturated carbocycles. The van der Waals surface area contributed by atoms with Crippen molar-refractivity contribution in [1.29, 1.82) is 0 Å². The minimum atomic E-state index is -0.228. The van der Waals surface area contributed by atoms with Gasteiger partial charge in [0, 0.05) is 25.6 Å². The summed E-state index contributed by atoms with van der Waals surface area (Å²) in [7, 11) is 0. The molecule has 0 aromatic rings. The summed E-state index contributed by atoms with van der Waals surface area (Å²) in [4.78, 5) is 12.7. The molecule has 0 aliphatic carbocycles. The second kappa shape index (κ2) is 4.42. The fraction of sp³-hybridized carbons (Fsp3) is 0.875. The van der Waals surface area contributed by atoms with Crippen LogP contribution in [-0.4, -0.2) is 36.5 Å². The van der Waals surface area contributed by atoms with E-state index in [4.69, 9.17) is 11.5 Å². The second-order valence-electron chi connectivity index (χ2n) is 3.42. The van der Waals surface area contributed by atoms with Crippen molar-refractivity contribution in [3.8, 4) is 0 Å². The van der Waals surface area contributed by atoms with Crippen LogP contribution in [0.4, 0.5) is 0 Å². The predicted octanol–water partition coefficient (Wildman–Crippen LogP) is -0.715. The average Bonchev–Trinajstić information content (AvgIpc) is 2.01. The molecule has 1 heterocycles. The smallest absolute Gasteiger partial charge is 0.218 e. The average molecular weight is 171 g/mol. The van der Waals surface area contributed by atoms with E-state index >= 15 is 0 Å². The Kier molecular flexibility index (Phi) is 3.49. The summed E-state index contributed by atoms with van der Waals surface area (Å²) < 4.78 is 0. The number of nitrogens with two attached hydrogens (primary N) is 2. The van der Waals surface area contributed by atoms with Crippen molar-refractivity contribution in [2.24, 2.45) is 11.5 Å². The Morgan fingerprint density at radius 1 is 1.58 bits per heavy atom. The van der Waals surface area contributed by atoms with Crippen LogP contribution >= 0.6 is 0 Å². The summed E-state index contributed by atoms with van der Waals surface area (Å²) in [6.45, 7) is 2.73. The van der Waals surface area contributed by atoms with Gasteiger partial charge in [0.2, 0.25) is 5.91 Å². The number of carbonyl (C=O) groups is 1. The van der Waals surface area contributed by atoms with E-state index in [1.165, 1.54) is 0 Å². The number of likely N-dealkylation sites (tertiary alicyclic amines) is 1. The Morgan fingerprint density at radius 2 is 2.33 bits per heavy atom. The van der Waals surface area contributed by atoms with E-state index < -0.39 is 0 Å². The fourth-order valence-corrected chi connectivity index (χ4v) is 1.56. The van der Waals surface area contributed by atoms with Crippen molar-refractivity contribution < 1.29 is 4.79 Å². The molecule has 1 atom stereocenters. The first-order valence-corrected chi connectivity index (χ1v) is 4.44. The third kappa shape index (κ3) is 3.19. The summed E-state index contributed by atoms with van der Waals surface area (Å²) in [6, 6.07) is 0.284. The molecule has 1 rings (SSSR count). The maximum absolute atomic E-state index is 10.5. The maximum atomic E-state index is 10.5. The Balaban J connectivity index is 2.18. The van der Waals surface area contributed by atoms with Crippen molar-refractivity contribution in [1.82, 2.24) is 4.90 Å². The maximum Gasteiger partial charge on any atom is 0.218 e. The highest BCUT2D eigenvalue weighted by Gasteiger charge is 2.16. The highest BCUT2D eigenvalue weighted by atomic mass is 16.1. The van der Waals surface area contributed by atoms with Crippen LogP contribution in [-0.2, 0) is 4.79 Å². The molecular formula is C8H17N3O. The van der Waals surface area contributed by atoms with E-state index in [0.717, 1.165) is 32.5 Å². The van der Waals surface area contributed by atoms with Gasteiger partial charge in [-0.25, -0.2) is 0 Å². The summed E-state index contributed by atoms with van der Waals surface area (Å²) in [5, 5.41) is 0. The molecule has 4 nitrogen and oxygen atoms in total. The molecule has 12 heavy (non-hydrogen) atoms. The van der Waals surface area contributed by atoms with Gasteiger partial charge in [0.05, 0.1) is 0 Å². The molecule has 1 aliphatic rings. The van der Waals surface area contributed by atoms with Gasteiger partial charge in [-0.2, -0.15) is 0 Å². The lowest BCUT2D eigenvalue weighted by molar-refractivity contribution is -0.118. The normalized spacial score (nSPS) is 25.6. The Hall–Kier alpha value is -0.610. The molecule has 1 amide bonds. The fourth-order valence-electron chi connectivity index (χ4n) is 1.56. The van der Waals surface area contributed by atoms with Gasteiger partial charge in [-0.1, -0.05) is 0 Å². The molecule has 0 unspecified atom stereocenters. The standard InChI is InChI=1S/C8H17N3O/c9-7-2-1-4-11(6-7)5-3-8(10)12/h7H,1-6,9H2,(H2,10,12)/t7-/m0/s1. The number of hydrogen-bond acceptors (Lipinski definition) is 3. The first-order chi connectivity index (χ1) is 5.68.